The molecule has 1 aromatic carbocycles. The van der Waals surface area contributed by atoms with E-state index in [0.717, 1.165) is 18.4 Å². The molecule has 1 unspecified atom stereocenters. The quantitative estimate of drug-likeness (QED) is 0.932. The summed E-state index contributed by atoms with van der Waals surface area (Å²) in [6.07, 6.45) is -2.12. The molecule has 7 heteroatoms. The smallest absolute Gasteiger partial charge is 0.465 e. The lowest BCUT2D eigenvalue weighted by molar-refractivity contribution is -0.286. The molecular weight excluding hydrogens is 284 g/mol. The highest BCUT2D eigenvalue weighted by atomic mass is 19.3. The van der Waals surface area contributed by atoms with Crippen molar-refractivity contribution in [3.8, 4) is 11.5 Å². The van der Waals surface area contributed by atoms with E-state index in [1.165, 1.54) is 11.0 Å². The molecule has 0 aliphatic carbocycles. The van der Waals surface area contributed by atoms with Crippen molar-refractivity contribution < 1.29 is 28.2 Å². The average molecular weight is 299 g/mol. The van der Waals surface area contributed by atoms with E-state index in [9.17, 15) is 13.6 Å². The maximum Gasteiger partial charge on any atom is 0.586 e. The second-order valence-electron chi connectivity index (χ2n) is 5.37. The Morgan fingerprint density at radius 3 is 2.86 bits per heavy atom. The van der Waals surface area contributed by atoms with Gasteiger partial charge in [0.15, 0.2) is 11.5 Å². The second-order valence-corrected chi connectivity index (χ2v) is 5.37. The fourth-order valence-electron chi connectivity index (χ4n) is 2.76. The predicted octanol–water partition coefficient (Wildman–Crippen LogP) is 2.94. The van der Waals surface area contributed by atoms with Crippen molar-refractivity contribution in [1.82, 2.24) is 4.90 Å². The predicted molar refractivity (Wildman–Crippen MR) is 68.7 cm³/mol. The van der Waals surface area contributed by atoms with E-state index >= 15 is 0 Å². The van der Waals surface area contributed by atoms with Crippen LogP contribution in [0, 0.1) is 5.92 Å². The van der Waals surface area contributed by atoms with Gasteiger partial charge in [-0.15, -0.1) is 8.78 Å². The Bertz CT molecular complexity index is 564. The van der Waals surface area contributed by atoms with Crippen molar-refractivity contribution in [2.75, 3.05) is 13.1 Å². The van der Waals surface area contributed by atoms with Gasteiger partial charge in [0.1, 0.15) is 0 Å². The number of aryl methyl sites for hydroxylation is 1. The first kappa shape index (κ1) is 13.9. The molecule has 2 aliphatic rings. The summed E-state index contributed by atoms with van der Waals surface area (Å²) >= 11 is 0. The Labute approximate surface area is 120 Å². The van der Waals surface area contributed by atoms with Crippen LogP contribution in [-0.4, -0.2) is 35.5 Å². The Morgan fingerprint density at radius 2 is 2.14 bits per heavy atom. The van der Waals surface area contributed by atoms with Crippen molar-refractivity contribution in [2.45, 2.75) is 25.6 Å². The summed E-state index contributed by atoms with van der Waals surface area (Å²) in [4.78, 5) is 12.2. The minimum atomic E-state index is -3.59. The number of hydrogen-bond donors (Lipinski definition) is 1. The van der Waals surface area contributed by atoms with Crippen molar-refractivity contribution in [1.29, 1.82) is 0 Å². The number of alkyl halides is 2. The van der Waals surface area contributed by atoms with Gasteiger partial charge in [-0.2, -0.15) is 0 Å². The maximum absolute atomic E-state index is 12.9. The molecule has 1 aromatic rings. The number of hydrogen-bond acceptors (Lipinski definition) is 3. The van der Waals surface area contributed by atoms with Crippen LogP contribution in [0.5, 0.6) is 11.5 Å². The van der Waals surface area contributed by atoms with E-state index in [4.69, 9.17) is 5.11 Å². The third-order valence-electron chi connectivity index (χ3n) is 3.86. The van der Waals surface area contributed by atoms with Crippen LogP contribution in [0.15, 0.2) is 18.2 Å². The fourth-order valence-corrected chi connectivity index (χ4v) is 2.76. The third kappa shape index (κ3) is 3.01. The van der Waals surface area contributed by atoms with Crippen LogP contribution >= 0.6 is 0 Å². The zero-order valence-corrected chi connectivity index (χ0v) is 11.2. The molecule has 0 radical (unpaired) electrons. The molecule has 1 saturated heterocycles. The van der Waals surface area contributed by atoms with Gasteiger partial charge in [0.25, 0.3) is 0 Å². The molecule has 114 valence electrons. The molecule has 0 saturated carbocycles. The summed E-state index contributed by atoms with van der Waals surface area (Å²) in [5.74, 6) is 0.408. The number of carbonyl (C=O) groups is 1. The molecule has 1 amide bonds. The highest BCUT2D eigenvalue weighted by molar-refractivity contribution is 5.65. The van der Waals surface area contributed by atoms with Crippen LogP contribution in [0.25, 0.3) is 0 Å². The second kappa shape index (κ2) is 5.05. The number of nitrogens with zero attached hydrogens (tertiary/aromatic N) is 1. The maximum atomic E-state index is 12.9. The monoisotopic (exact) mass is 299 g/mol. The molecule has 1 fully saturated rings. The summed E-state index contributed by atoms with van der Waals surface area (Å²) in [6, 6.07) is 4.76. The van der Waals surface area contributed by atoms with Gasteiger partial charge in [-0.05, 0) is 42.9 Å². The molecule has 5 nitrogen and oxygen atoms in total. The summed E-state index contributed by atoms with van der Waals surface area (Å²) in [7, 11) is 0. The summed E-state index contributed by atoms with van der Waals surface area (Å²) in [5, 5.41) is 8.90. The number of ether oxygens (including phenoxy) is 2. The molecule has 3 rings (SSSR count). The first-order valence-electron chi connectivity index (χ1n) is 6.79. The Balaban J connectivity index is 1.57. The van der Waals surface area contributed by atoms with Gasteiger partial charge < -0.3 is 19.5 Å². The largest absolute Gasteiger partial charge is 0.586 e. The van der Waals surface area contributed by atoms with Gasteiger partial charge >= 0.3 is 12.4 Å². The number of amides is 1. The number of likely N-dealkylation sites (tertiary alicyclic amines) is 1. The first-order valence-corrected chi connectivity index (χ1v) is 6.79. The first-order chi connectivity index (χ1) is 9.93. The van der Waals surface area contributed by atoms with Crippen LogP contribution in [0.3, 0.4) is 0 Å². The lowest BCUT2D eigenvalue weighted by Gasteiger charge is -2.12. The lowest BCUT2D eigenvalue weighted by Crippen LogP contribution is -2.26. The van der Waals surface area contributed by atoms with Gasteiger partial charge in [0, 0.05) is 13.1 Å². The summed E-state index contributed by atoms with van der Waals surface area (Å²) < 4.78 is 34.6. The van der Waals surface area contributed by atoms with Crippen LogP contribution in [-0.2, 0) is 6.42 Å². The fraction of sp³-hybridized carbons (Fsp3) is 0.500. The van der Waals surface area contributed by atoms with Crippen molar-refractivity contribution >= 4 is 6.09 Å². The molecule has 1 atom stereocenters. The standard InChI is InChI=1S/C14H15F2NO4/c15-14(16)20-11-4-3-9(7-12(11)21-14)1-2-10-5-6-17(8-10)13(18)19/h3-4,7,10H,1-2,5-6,8H2,(H,18,19). The van der Waals surface area contributed by atoms with Crippen molar-refractivity contribution in [3.63, 3.8) is 0 Å². The Hall–Kier alpha value is -2.05. The van der Waals surface area contributed by atoms with E-state index in [2.05, 4.69) is 9.47 Å². The zero-order chi connectivity index (χ0) is 15.0. The molecular formula is C14H15F2NO4. The minimum Gasteiger partial charge on any atom is -0.465 e. The van der Waals surface area contributed by atoms with Gasteiger partial charge in [-0.25, -0.2) is 4.79 Å². The van der Waals surface area contributed by atoms with Gasteiger partial charge in [0.05, 0.1) is 0 Å². The van der Waals surface area contributed by atoms with E-state index in [0.29, 0.717) is 25.4 Å². The normalized spacial score (nSPS) is 22.6. The van der Waals surface area contributed by atoms with Crippen LogP contribution in [0.1, 0.15) is 18.4 Å². The molecule has 2 heterocycles. The highest BCUT2D eigenvalue weighted by Crippen LogP contribution is 2.41. The van der Waals surface area contributed by atoms with Gasteiger partial charge in [0.2, 0.25) is 0 Å². The van der Waals surface area contributed by atoms with E-state index < -0.39 is 12.4 Å². The van der Waals surface area contributed by atoms with Gasteiger partial charge in [-0.3, -0.25) is 0 Å². The molecule has 21 heavy (non-hydrogen) atoms. The molecule has 1 N–H and O–H groups in total. The number of fused-ring (bicyclic) bond motifs is 1. The van der Waals surface area contributed by atoms with E-state index in [-0.39, 0.29) is 11.5 Å². The Morgan fingerprint density at radius 1 is 1.38 bits per heavy atom. The number of halogens is 2. The summed E-state index contributed by atoms with van der Waals surface area (Å²) in [6.45, 7) is 1.10. The zero-order valence-electron chi connectivity index (χ0n) is 11.2. The van der Waals surface area contributed by atoms with Crippen molar-refractivity contribution in [3.05, 3.63) is 23.8 Å². The average Bonchev–Trinajstić information content (AvgIpc) is 2.98. The lowest BCUT2D eigenvalue weighted by atomic mass is 9.98. The number of benzene rings is 1. The van der Waals surface area contributed by atoms with Crippen LogP contribution < -0.4 is 9.47 Å². The van der Waals surface area contributed by atoms with Crippen LogP contribution in [0.2, 0.25) is 0 Å². The van der Waals surface area contributed by atoms with E-state index in [1.54, 1.807) is 12.1 Å². The molecule has 2 aliphatic heterocycles. The topological polar surface area (TPSA) is 59.0 Å². The molecule has 0 bridgehead atoms. The van der Waals surface area contributed by atoms with Crippen molar-refractivity contribution in [2.24, 2.45) is 5.92 Å². The number of rotatable bonds is 3. The summed E-state index contributed by atoms with van der Waals surface area (Å²) in [5.41, 5.74) is 0.879. The van der Waals surface area contributed by atoms with E-state index in [1.807, 2.05) is 0 Å². The molecule has 0 aromatic heterocycles. The third-order valence-corrected chi connectivity index (χ3v) is 3.86. The Kier molecular flexibility index (Phi) is 3.35. The molecule has 0 spiro atoms. The SMILES string of the molecule is O=C(O)N1CCC(CCc2ccc3c(c2)OC(F)(F)O3)C1. The minimum absolute atomic E-state index is 0.0432. The van der Waals surface area contributed by atoms with Crippen LogP contribution in [0.4, 0.5) is 13.6 Å². The number of carboxylic acid groups (broad SMARTS) is 1. The van der Waals surface area contributed by atoms with Gasteiger partial charge in [-0.1, -0.05) is 6.07 Å². The highest BCUT2D eigenvalue weighted by Gasteiger charge is 2.43.